The van der Waals surface area contributed by atoms with Gasteiger partial charge < -0.3 is 14.4 Å². The van der Waals surface area contributed by atoms with E-state index in [-0.39, 0.29) is 16.4 Å². The summed E-state index contributed by atoms with van der Waals surface area (Å²) in [6.45, 7) is 3.57. The first-order chi connectivity index (χ1) is 14.5. The summed E-state index contributed by atoms with van der Waals surface area (Å²) in [6, 6.07) is 11.2. The van der Waals surface area contributed by atoms with E-state index in [1.54, 1.807) is 29.2 Å². The number of nitrogens with one attached hydrogen (secondary N) is 1. The number of benzene rings is 2. The lowest BCUT2D eigenvalue weighted by atomic mass is 10.1. The predicted molar refractivity (Wildman–Crippen MR) is 116 cm³/mol. The normalized spacial score (nSPS) is 14.7. The number of hydrogen-bond acceptors (Lipinski definition) is 5. The highest BCUT2D eigenvalue weighted by atomic mass is 32.2. The van der Waals surface area contributed by atoms with E-state index in [1.165, 1.54) is 25.3 Å². The van der Waals surface area contributed by atoms with Crippen molar-refractivity contribution in [3.63, 3.8) is 0 Å². The van der Waals surface area contributed by atoms with Crippen LogP contribution < -0.4 is 14.2 Å². The number of nitrogens with zero attached hydrogens (tertiary/aromatic N) is 1. The summed E-state index contributed by atoms with van der Waals surface area (Å²) in [6.07, 6.45) is 4.08. The van der Waals surface area contributed by atoms with Crippen molar-refractivity contribution in [3.8, 4) is 11.5 Å². The second kappa shape index (κ2) is 9.84. The van der Waals surface area contributed by atoms with Gasteiger partial charge in [0.2, 0.25) is 0 Å². The summed E-state index contributed by atoms with van der Waals surface area (Å²) in [5, 5.41) is 0. The molecule has 1 heterocycles. The molecule has 7 nitrogen and oxygen atoms in total. The van der Waals surface area contributed by atoms with E-state index in [0.29, 0.717) is 36.9 Å². The number of likely N-dealkylation sites (tertiary alicyclic amines) is 1. The van der Waals surface area contributed by atoms with Crippen molar-refractivity contribution in [2.24, 2.45) is 0 Å². The van der Waals surface area contributed by atoms with Crippen LogP contribution in [0.2, 0.25) is 0 Å². The quantitative estimate of drug-likeness (QED) is 0.717. The molecule has 0 bridgehead atoms. The number of sulfonamides is 1. The molecule has 0 spiro atoms. The van der Waals surface area contributed by atoms with Gasteiger partial charge in [-0.3, -0.25) is 9.52 Å². The fraction of sp³-hybridized carbons (Fsp3) is 0.409. The van der Waals surface area contributed by atoms with Crippen LogP contribution in [-0.2, 0) is 10.0 Å². The fourth-order valence-corrected chi connectivity index (χ4v) is 4.60. The number of para-hydroxylation sites is 2. The van der Waals surface area contributed by atoms with E-state index < -0.39 is 10.0 Å². The fourth-order valence-electron chi connectivity index (χ4n) is 3.50. The first kappa shape index (κ1) is 22.0. The Balaban J connectivity index is 1.92. The number of methoxy groups -OCH3 is 1. The summed E-state index contributed by atoms with van der Waals surface area (Å²) in [5.74, 6) is 0.594. The summed E-state index contributed by atoms with van der Waals surface area (Å²) in [7, 11) is -2.46. The highest BCUT2D eigenvalue weighted by Gasteiger charge is 2.24. The Labute approximate surface area is 178 Å². The monoisotopic (exact) mass is 432 g/mol. The molecule has 8 heteroatoms. The van der Waals surface area contributed by atoms with Crippen LogP contribution in [0.4, 0.5) is 5.69 Å². The molecule has 0 saturated carbocycles. The van der Waals surface area contributed by atoms with Gasteiger partial charge in [-0.15, -0.1) is 0 Å². The van der Waals surface area contributed by atoms with Crippen molar-refractivity contribution >= 4 is 21.6 Å². The molecule has 0 aromatic heterocycles. The molecule has 0 radical (unpaired) electrons. The standard InChI is InChI=1S/C22H28N2O5S/c1-3-29-21-11-7-6-10-19(21)23-30(26,27)17-12-13-20(28-2)18(16-17)22(25)24-14-8-4-5-9-15-24/h6-7,10-13,16,23H,3-5,8-9,14-15H2,1-2H3. The van der Waals surface area contributed by atoms with Crippen LogP contribution in [0.1, 0.15) is 43.0 Å². The van der Waals surface area contributed by atoms with E-state index in [4.69, 9.17) is 9.47 Å². The molecule has 1 N–H and O–H groups in total. The van der Waals surface area contributed by atoms with Crippen molar-refractivity contribution < 1.29 is 22.7 Å². The van der Waals surface area contributed by atoms with Gasteiger partial charge in [0.1, 0.15) is 11.5 Å². The SMILES string of the molecule is CCOc1ccccc1NS(=O)(=O)c1ccc(OC)c(C(=O)N2CCCCCC2)c1. The maximum atomic E-state index is 13.1. The molecule has 0 aliphatic carbocycles. The minimum Gasteiger partial charge on any atom is -0.496 e. The van der Waals surface area contributed by atoms with Crippen LogP contribution in [-0.4, -0.2) is 46.0 Å². The number of amides is 1. The molecule has 2 aromatic carbocycles. The van der Waals surface area contributed by atoms with Gasteiger partial charge in [0, 0.05) is 13.1 Å². The van der Waals surface area contributed by atoms with Gasteiger partial charge in [-0.25, -0.2) is 8.42 Å². The highest BCUT2D eigenvalue weighted by molar-refractivity contribution is 7.92. The van der Waals surface area contributed by atoms with Gasteiger partial charge >= 0.3 is 0 Å². The Bertz CT molecular complexity index is 983. The number of rotatable bonds is 7. The Hall–Kier alpha value is -2.74. The van der Waals surface area contributed by atoms with Crippen molar-refractivity contribution in [3.05, 3.63) is 48.0 Å². The summed E-state index contributed by atoms with van der Waals surface area (Å²) in [4.78, 5) is 14.9. The molecule has 1 amide bonds. The second-order valence-electron chi connectivity index (χ2n) is 7.10. The van der Waals surface area contributed by atoms with E-state index in [9.17, 15) is 13.2 Å². The maximum absolute atomic E-state index is 13.1. The van der Waals surface area contributed by atoms with Crippen LogP contribution in [0.5, 0.6) is 11.5 Å². The summed E-state index contributed by atoms with van der Waals surface area (Å²) < 4.78 is 39.5. The van der Waals surface area contributed by atoms with Gasteiger partial charge in [-0.05, 0) is 50.1 Å². The van der Waals surface area contributed by atoms with Crippen molar-refractivity contribution in [1.29, 1.82) is 0 Å². The Morgan fingerprint density at radius 3 is 2.40 bits per heavy atom. The number of carbonyl (C=O) groups excluding carboxylic acids is 1. The van der Waals surface area contributed by atoms with E-state index >= 15 is 0 Å². The van der Waals surface area contributed by atoms with E-state index in [2.05, 4.69) is 4.72 Å². The van der Waals surface area contributed by atoms with Crippen molar-refractivity contribution in [2.75, 3.05) is 31.5 Å². The first-order valence-electron chi connectivity index (χ1n) is 10.2. The topological polar surface area (TPSA) is 84.9 Å². The molecular weight excluding hydrogens is 404 g/mol. The Morgan fingerprint density at radius 2 is 1.73 bits per heavy atom. The van der Waals surface area contributed by atoms with Crippen LogP contribution in [0.15, 0.2) is 47.4 Å². The van der Waals surface area contributed by atoms with Crippen molar-refractivity contribution in [1.82, 2.24) is 4.90 Å². The largest absolute Gasteiger partial charge is 0.496 e. The van der Waals surface area contributed by atoms with Crippen LogP contribution >= 0.6 is 0 Å². The molecule has 2 aromatic rings. The smallest absolute Gasteiger partial charge is 0.262 e. The molecule has 162 valence electrons. The average molecular weight is 433 g/mol. The Kier molecular flexibility index (Phi) is 7.20. The molecular formula is C22H28N2O5S. The highest BCUT2D eigenvalue weighted by Crippen LogP contribution is 2.29. The maximum Gasteiger partial charge on any atom is 0.262 e. The minimum absolute atomic E-state index is 0.00669. The molecule has 0 unspecified atom stereocenters. The first-order valence-corrected chi connectivity index (χ1v) is 11.7. The third-order valence-electron chi connectivity index (χ3n) is 5.04. The lowest BCUT2D eigenvalue weighted by Crippen LogP contribution is -2.32. The van der Waals surface area contributed by atoms with Crippen LogP contribution in [0.3, 0.4) is 0 Å². The van der Waals surface area contributed by atoms with Crippen molar-refractivity contribution in [2.45, 2.75) is 37.5 Å². The second-order valence-corrected chi connectivity index (χ2v) is 8.79. The van der Waals surface area contributed by atoms with Gasteiger partial charge in [0.15, 0.2) is 0 Å². The molecule has 1 aliphatic rings. The molecule has 3 rings (SSSR count). The number of ether oxygens (including phenoxy) is 2. The van der Waals surface area contributed by atoms with Gasteiger partial charge in [0.25, 0.3) is 15.9 Å². The molecule has 30 heavy (non-hydrogen) atoms. The lowest BCUT2D eigenvalue weighted by Gasteiger charge is -2.22. The molecule has 1 aliphatic heterocycles. The van der Waals surface area contributed by atoms with Crippen LogP contribution in [0, 0.1) is 0 Å². The number of carbonyl (C=O) groups is 1. The third kappa shape index (κ3) is 5.05. The lowest BCUT2D eigenvalue weighted by molar-refractivity contribution is 0.0758. The van der Waals surface area contributed by atoms with Crippen LogP contribution in [0.25, 0.3) is 0 Å². The molecule has 1 saturated heterocycles. The summed E-state index contributed by atoms with van der Waals surface area (Å²) >= 11 is 0. The molecule has 1 fully saturated rings. The zero-order chi connectivity index (χ0) is 21.6. The van der Waals surface area contributed by atoms with Gasteiger partial charge in [-0.1, -0.05) is 25.0 Å². The predicted octanol–water partition coefficient (Wildman–Crippen LogP) is 3.91. The van der Waals surface area contributed by atoms with Gasteiger partial charge in [0.05, 0.1) is 29.9 Å². The Morgan fingerprint density at radius 1 is 1.03 bits per heavy atom. The third-order valence-corrected chi connectivity index (χ3v) is 6.40. The van der Waals surface area contributed by atoms with E-state index in [0.717, 1.165) is 25.7 Å². The van der Waals surface area contributed by atoms with E-state index in [1.807, 2.05) is 6.92 Å². The minimum atomic E-state index is -3.93. The number of anilines is 1. The zero-order valence-electron chi connectivity index (χ0n) is 17.4. The summed E-state index contributed by atoms with van der Waals surface area (Å²) in [5.41, 5.74) is 0.593. The zero-order valence-corrected chi connectivity index (χ0v) is 18.2. The van der Waals surface area contributed by atoms with Gasteiger partial charge in [-0.2, -0.15) is 0 Å². The average Bonchev–Trinajstić information content (AvgIpc) is 3.04. The molecule has 0 atom stereocenters. The number of hydrogen-bond donors (Lipinski definition) is 1.